The molecule has 3 rings (SSSR count). The van der Waals surface area contributed by atoms with E-state index in [2.05, 4.69) is 12.2 Å². The van der Waals surface area contributed by atoms with Crippen LogP contribution in [0.4, 0.5) is 0 Å². The average molecular weight is 434 g/mol. The first kappa shape index (κ1) is 20.9. The van der Waals surface area contributed by atoms with Crippen LogP contribution in [0.25, 0.3) is 0 Å². The van der Waals surface area contributed by atoms with E-state index in [1.807, 2.05) is 18.7 Å². The Kier molecular flexibility index (Phi) is 5.81. The molecule has 0 radical (unpaired) electrons. The molecule has 9 heteroatoms. The Morgan fingerprint density at radius 1 is 1.26 bits per heavy atom. The number of sulfonamides is 1. The highest BCUT2D eigenvalue weighted by atomic mass is 35.5. The van der Waals surface area contributed by atoms with Crippen molar-refractivity contribution in [3.05, 3.63) is 28.2 Å². The fraction of sp³-hybridized carbons (Fsp3) is 0.611. The zero-order chi connectivity index (χ0) is 20.0. The second kappa shape index (κ2) is 7.52. The molecular formula is C18H25Cl2N3O3S. The molecule has 1 aromatic carbocycles. The van der Waals surface area contributed by atoms with Gasteiger partial charge >= 0.3 is 0 Å². The highest BCUT2D eigenvalue weighted by Crippen LogP contribution is 2.36. The topological polar surface area (TPSA) is 69.7 Å². The van der Waals surface area contributed by atoms with Gasteiger partial charge in [-0.2, -0.15) is 4.31 Å². The molecule has 0 aromatic heterocycles. The number of carbonyl (C=O) groups excluding carboxylic acids is 1. The Balaban J connectivity index is 1.81. The molecule has 6 nitrogen and oxygen atoms in total. The molecule has 1 spiro atoms. The first-order valence-corrected chi connectivity index (χ1v) is 11.4. The standard InChI is InChI=1S/C18H25Cl2N3O3S/c1-4-12(2)23-17(24)13(3)21-18(23)7-9-22(10-8-18)27(25,26)14-5-6-15(19)16(20)11-14/h5-6,11-13,21H,4,7-10H2,1-3H3/t12-,13-/m0/s1. The van der Waals surface area contributed by atoms with Gasteiger partial charge in [-0.25, -0.2) is 8.42 Å². The summed E-state index contributed by atoms with van der Waals surface area (Å²) in [7, 11) is -3.66. The van der Waals surface area contributed by atoms with E-state index in [1.54, 1.807) is 0 Å². The number of halogens is 2. The Morgan fingerprint density at radius 2 is 1.89 bits per heavy atom. The number of hydrogen-bond acceptors (Lipinski definition) is 4. The molecule has 150 valence electrons. The summed E-state index contributed by atoms with van der Waals surface area (Å²) in [5, 5.41) is 3.96. The van der Waals surface area contributed by atoms with Crippen molar-refractivity contribution in [2.24, 2.45) is 0 Å². The lowest BCUT2D eigenvalue weighted by atomic mass is 9.95. The van der Waals surface area contributed by atoms with Gasteiger partial charge in [0.2, 0.25) is 15.9 Å². The molecule has 2 aliphatic heterocycles. The van der Waals surface area contributed by atoms with E-state index in [0.717, 1.165) is 6.42 Å². The third-order valence-electron chi connectivity index (χ3n) is 5.66. The van der Waals surface area contributed by atoms with Crippen molar-refractivity contribution >= 4 is 39.1 Å². The van der Waals surface area contributed by atoms with Crippen LogP contribution in [0.5, 0.6) is 0 Å². The normalized spacial score (nSPS) is 24.6. The van der Waals surface area contributed by atoms with Crippen molar-refractivity contribution in [3.8, 4) is 0 Å². The molecule has 2 fully saturated rings. The van der Waals surface area contributed by atoms with Crippen LogP contribution in [0, 0.1) is 0 Å². The summed E-state index contributed by atoms with van der Waals surface area (Å²) in [5.74, 6) is 0.0881. The maximum absolute atomic E-state index is 13.0. The van der Waals surface area contributed by atoms with E-state index in [0.29, 0.717) is 31.0 Å². The van der Waals surface area contributed by atoms with Gasteiger partial charge in [-0.3, -0.25) is 10.1 Å². The minimum atomic E-state index is -3.66. The van der Waals surface area contributed by atoms with Crippen LogP contribution >= 0.6 is 23.2 Å². The summed E-state index contributed by atoms with van der Waals surface area (Å²) in [6.45, 7) is 6.63. The van der Waals surface area contributed by atoms with Crippen molar-refractivity contribution in [1.82, 2.24) is 14.5 Å². The van der Waals surface area contributed by atoms with E-state index >= 15 is 0 Å². The number of hydrogen-bond donors (Lipinski definition) is 1. The molecule has 0 aliphatic carbocycles. The van der Waals surface area contributed by atoms with Gasteiger partial charge in [0, 0.05) is 19.1 Å². The minimum Gasteiger partial charge on any atom is -0.320 e. The fourth-order valence-corrected chi connectivity index (χ4v) is 5.87. The summed E-state index contributed by atoms with van der Waals surface area (Å²) in [6, 6.07) is 4.20. The van der Waals surface area contributed by atoms with Gasteiger partial charge in [0.25, 0.3) is 0 Å². The molecule has 27 heavy (non-hydrogen) atoms. The quantitative estimate of drug-likeness (QED) is 0.791. The molecule has 1 aromatic rings. The highest BCUT2D eigenvalue weighted by molar-refractivity contribution is 7.89. The van der Waals surface area contributed by atoms with Crippen molar-refractivity contribution in [2.45, 2.75) is 62.7 Å². The first-order valence-electron chi connectivity index (χ1n) is 9.18. The third kappa shape index (κ3) is 3.60. The lowest BCUT2D eigenvalue weighted by Crippen LogP contribution is -2.61. The maximum atomic E-state index is 13.0. The molecule has 1 amide bonds. The third-order valence-corrected chi connectivity index (χ3v) is 8.30. The van der Waals surface area contributed by atoms with Crippen molar-refractivity contribution < 1.29 is 13.2 Å². The zero-order valence-electron chi connectivity index (χ0n) is 15.7. The van der Waals surface area contributed by atoms with Crippen LogP contribution in [0.15, 0.2) is 23.1 Å². The Morgan fingerprint density at radius 3 is 2.44 bits per heavy atom. The summed E-state index contributed by atoms with van der Waals surface area (Å²) >= 11 is 11.9. The van der Waals surface area contributed by atoms with Gasteiger partial charge in [-0.05, 0) is 51.3 Å². The lowest BCUT2D eigenvalue weighted by molar-refractivity contribution is -0.135. The van der Waals surface area contributed by atoms with Gasteiger partial charge in [-0.1, -0.05) is 30.1 Å². The van der Waals surface area contributed by atoms with E-state index in [9.17, 15) is 13.2 Å². The fourth-order valence-electron chi connectivity index (χ4n) is 4.04. The minimum absolute atomic E-state index is 0.0881. The molecule has 2 saturated heterocycles. The highest BCUT2D eigenvalue weighted by Gasteiger charge is 2.52. The first-order chi connectivity index (χ1) is 12.6. The molecule has 0 saturated carbocycles. The van der Waals surface area contributed by atoms with Crippen LogP contribution in [0.2, 0.25) is 10.0 Å². The van der Waals surface area contributed by atoms with Crippen LogP contribution < -0.4 is 5.32 Å². The smallest absolute Gasteiger partial charge is 0.243 e. The maximum Gasteiger partial charge on any atom is 0.243 e. The van der Waals surface area contributed by atoms with Crippen molar-refractivity contribution in [2.75, 3.05) is 13.1 Å². The molecule has 0 bridgehead atoms. The zero-order valence-corrected chi connectivity index (χ0v) is 18.0. The average Bonchev–Trinajstić information content (AvgIpc) is 2.87. The number of rotatable bonds is 4. The van der Waals surface area contributed by atoms with Gasteiger partial charge in [-0.15, -0.1) is 0 Å². The SMILES string of the molecule is CC[C@H](C)N1C(=O)[C@H](C)NC12CCN(S(=O)(=O)c1ccc(Cl)c(Cl)c1)CC2. The molecular weight excluding hydrogens is 409 g/mol. The van der Waals surface area contributed by atoms with E-state index in [1.165, 1.54) is 22.5 Å². The van der Waals surface area contributed by atoms with Crippen molar-refractivity contribution in [1.29, 1.82) is 0 Å². The molecule has 2 atom stereocenters. The predicted octanol–water partition coefficient (Wildman–Crippen LogP) is 3.09. The van der Waals surface area contributed by atoms with E-state index < -0.39 is 15.7 Å². The molecule has 0 unspecified atom stereocenters. The summed E-state index contributed by atoms with van der Waals surface area (Å²) in [5.41, 5.74) is -0.477. The largest absolute Gasteiger partial charge is 0.320 e. The van der Waals surface area contributed by atoms with Crippen LogP contribution in [0.1, 0.15) is 40.0 Å². The Hall–Kier alpha value is -0.860. The van der Waals surface area contributed by atoms with Gasteiger partial charge in [0.1, 0.15) is 0 Å². The van der Waals surface area contributed by atoms with E-state index in [-0.39, 0.29) is 27.9 Å². The summed E-state index contributed by atoms with van der Waals surface area (Å²) in [6.07, 6.45) is 1.95. The Bertz CT molecular complexity index is 838. The van der Waals surface area contributed by atoms with Gasteiger partial charge in [0.15, 0.2) is 0 Å². The van der Waals surface area contributed by atoms with Crippen LogP contribution in [-0.2, 0) is 14.8 Å². The summed E-state index contributed by atoms with van der Waals surface area (Å²) < 4.78 is 27.4. The number of nitrogens with zero attached hydrogens (tertiary/aromatic N) is 2. The number of carbonyl (C=O) groups is 1. The number of piperidine rings is 1. The molecule has 2 aliphatic rings. The second-order valence-electron chi connectivity index (χ2n) is 7.34. The van der Waals surface area contributed by atoms with Crippen molar-refractivity contribution in [3.63, 3.8) is 0 Å². The van der Waals surface area contributed by atoms with Crippen LogP contribution in [-0.4, -0.2) is 54.4 Å². The summed E-state index contributed by atoms with van der Waals surface area (Å²) in [4.78, 5) is 14.7. The molecule has 1 N–H and O–H groups in total. The monoisotopic (exact) mass is 433 g/mol. The van der Waals surface area contributed by atoms with E-state index in [4.69, 9.17) is 23.2 Å². The van der Waals surface area contributed by atoms with Crippen LogP contribution in [0.3, 0.4) is 0 Å². The number of nitrogens with one attached hydrogen (secondary N) is 1. The number of benzene rings is 1. The van der Waals surface area contributed by atoms with Gasteiger partial charge < -0.3 is 4.90 Å². The Labute approximate surface area is 170 Å². The predicted molar refractivity (Wildman–Crippen MR) is 106 cm³/mol. The number of amides is 1. The van der Waals surface area contributed by atoms with Gasteiger partial charge in [0.05, 0.1) is 26.6 Å². The second-order valence-corrected chi connectivity index (χ2v) is 10.1. The molecule has 2 heterocycles. The lowest BCUT2D eigenvalue weighted by Gasteiger charge is -2.46.